The van der Waals surface area contributed by atoms with Crippen molar-refractivity contribution in [1.82, 2.24) is 0 Å². The van der Waals surface area contributed by atoms with Gasteiger partial charge in [-0.15, -0.1) is 0 Å². The van der Waals surface area contributed by atoms with Crippen LogP contribution >= 0.6 is 0 Å². The van der Waals surface area contributed by atoms with E-state index in [1.807, 2.05) is 6.92 Å². The number of carbonyl (C=O) groups is 3. The number of carbonyl (C=O) groups excluding carboxylic acids is 3. The Kier molecular flexibility index (Phi) is 6.73. The lowest BCUT2D eigenvalue weighted by molar-refractivity contribution is -0.186. The van der Waals surface area contributed by atoms with Crippen molar-refractivity contribution in [2.75, 3.05) is 19.5 Å². The van der Waals surface area contributed by atoms with Crippen LogP contribution in [0.4, 0.5) is 4.79 Å². The van der Waals surface area contributed by atoms with Crippen LogP contribution in [0.5, 0.6) is 0 Å². The van der Waals surface area contributed by atoms with Crippen molar-refractivity contribution < 1.29 is 41.6 Å². The fourth-order valence-electron chi connectivity index (χ4n) is 7.92. The van der Waals surface area contributed by atoms with E-state index < -0.39 is 45.8 Å². The Morgan fingerprint density at radius 3 is 2.54 bits per heavy atom. The van der Waals surface area contributed by atoms with E-state index >= 15 is 0 Å². The minimum Gasteiger partial charge on any atom is -0.435 e. The Hall–Kier alpha value is -1.78. The average molecular weight is 513 g/mol. The topological polar surface area (TPSA) is 133 Å². The van der Waals surface area contributed by atoms with Gasteiger partial charge in [-0.3, -0.25) is 13.8 Å². The van der Waals surface area contributed by atoms with Crippen LogP contribution in [-0.2, 0) is 33.4 Å². The van der Waals surface area contributed by atoms with E-state index in [-0.39, 0.29) is 48.4 Å². The van der Waals surface area contributed by atoms with Crippen LogP contribution in [0.3, 0.4) is 0 Å². The van der Waals surface area contributed by atoms with Crippen LogP contribution in [0.1, 0.15) is 65.7 Å². The second-order valence-corrected chi connectivity index (χ2v) is 12.8. The molecule has 1 N–H and O–H groups in total. The van der Waals surface area contributed by atoms with Crippen LogP contribution in [0, 0.1) is 28.6 Å². The van der Waals surface area contributed by atoms with Crippen LogP contribution in [-0.4, -0.2) is 62.4 Å². The molecule has 0 unspecified atom stereocenters. The number of Topliss-reactive ketones (excluding diaryl/α,β-unsaturated/α-hetero) is 1. The number of hydrogen-bond acceptors (Lipinski definition) is 9. The summed E-state index contributed by atoms with van der Waals surface area (Å²) < 4.78 is 38.8. The number of hydrogen-bond donors (Lipinski definition) is 1. The lowest BCUT2D eigenvalue weighted by Gasteiger charge is -2.60. The first-order valence-corrected chi connectivity index (χ1v) is 14.2. The quantitative estimate of drug-likeness (QED) is 0.421. The van der Waals surface area contributed by atoms with Gasteiger partial charge >= 0.3 is 6.16 Å². The highest BCUT2D eigenvalue weighted by Gasteiger charge is 2.70. The summed E-state index contributed by atoms with van der Waals surface area (Å²) in [5.41, 5.74) is -1.79. The number of aliphatic hydroxyl groups excluding tert-OH is 1. The number of rotatable bonds is 6. The highest BCUT2D eigenvalue weighted by atomic mass is 32.2. The highest BCUT2D eigenvalue weighted by molar-refractivity contribution is 7.86. The summed E-state index contributed by atoms with van der Waals surface area (Å²) in [6.45, 7) is 4.93. The van der Waals surface area contributed by atoms with E-state index in [4.69, 9.17) is 13.7 Å². The first-order valence-electron chi connectivity index (χ1n) is 12.4. The third kappa shape index (κ3) is 4.25. The number of allylic oxidation sites excluding steroid dienone is 1. The van der Waals surface area contributed by atoms with Crippen LogP contribution < -0.4 is 0 Å². The molecule has 0 aromatic rings. The zero-order chi connectivity index (χ0) is 25.8. The molecule has 0 amide bonds. The van der Waals surface area contributed by atoms with E-state index in [0.717, 1.165) is 24.7 Å². The van der Waals surface area contributed by atoms with Gasteiger partial charge in [0.05, 0.1) is 19.0 Å². The molecule has 196 valence electrons. The van der Waals surface area contributed by atoms with Gasteiger partial charge in [0.15, 0.2) is 11.4 Å². The van der Waals surface area contributed by atoms with Crippen molar-refractivity contribution >= 4 is 27.8 Å². The summed E-state index contributed by atoms with van der Waals surface area (Å²) in [4.78, 5) is 38.2. The van der Waals surface area contributed by atoms with Crippen LogP contribution in [0.15, 0.2) is 11.6 Å². The van der Waals surface area contributed by atoms with Gasteiger partial charge in [0, 0.05) is 11.8 Å². The molecule has 4 aliphatic rings. The molecule has 3 saturated carbocycles. The molecule has 4 rings (SSSR count). The molecule has 35 heavy (non-hydrogen) atoms. The Balaban J connectivity index is 1.72. The Morgan fingerprint density at radius 1 is 1.17 bits per heavy atom. The van der Waals surface area contributed by atoms with Crippen molar-refractivity contribution in [2.24, 2.45) is 28.6 Å². The molecule has 0 bridgehead atoms. The van der Waals surface area contributed by atoms with E-state index in [9.17, 15) is 27.9 Å². The highest BCUT2D eigenvalue weighted by Crippen LogP contribution is 2.68. The molecule has 0 aromatic heterocycles. The Morgan fingerprint density at radius 2 is 1.89 bits per heavy atom. The molecule has 0 aliphatic heterocycles. The molecular weight excluding hydrogens is 476 g/mol. The third-order valence-electron chi connectivity index (χ3n) is 9.39. The second kappa shape index (κ2) is 8.95. The zero-order valence-corrected chi connectivity index (χ0v) is 21.7. The summed E-state index contributed by atoms with van der Waals surface area (Å²) in [6, 6.07) is 0. The summed E-state index contributed by atoms with van der Waals surface area (Å²) in [6.07, 6.45) is 4.49. The fraction of sp³-hybridized carbons (Fsp3) is 0.800. The zero-order valence-electron chi connectivity index (χ0n) is 20.9. The molecule has 0 saturated heterocycles. The summed E-state index contributed by atoms with van der Waals surface area (Å²) in [5, 5.41) is 11.6. The van der Waals surface area contributed by atoms with Crippen molar-refractivity contribution in [1.29, 1.82) is 0 Å². The van der Waals surface area contributed by atoms with E-state index in [1.165, 1.54) is 0 Å². The number of fused-ring (bicyclic) bond motifs is 5. The van der Waals surface area contributed by atoms with E-state index in [1.54, 1.807) is 13.0 Å². The summed E-state index contributed by atoms with van der Waals surface area (Å²) in [5.74, 6) is -0.559. The smallest absolute Gasteiger partial charge is 0.435 e. The summed E-state index contributed by atoms with van der Waals surface area (Å²) in [7, 11) is -3.89. The number of ether oxygens (including phenoxy) is 2. The first kappa shape index (κ1) is 26.3. The van der Waals surface area contributed by atoms with Crippen molar-refractivity contribution in [3.63, 3.8) is 0 Å². The van der Waals surface area contributed by atoms with Gasteiger partial charge in [-0.1, -0.05) is 19.4 Å². The van der Waals surface area contributed by atoms with E-state index in [0.29, 0.717) is 19.3 Å². The van der Waals surface area contributed by atoms with E-state index in [2.05, 4.69) is 6.92 Å². The number of aliphatic hydroxyl groups is 1. The van der Waals surface area contributed by atoms with Crippen molar-refractivity contribution in [3.05, 3.63) is 11.6 Å². The first-order chi connectivity index (χ1) is 16.3. The predicted molar refractivity (Wildman–Crippen MR) is 125 cm³/mol. The molecule has 7 atom stereocenters. The standard InChI is InChI=1S/C25H36O9S/c1-5-32-22(29)34-25(20(28)14-33-35(4,30)31)11-9-18-17-7-6-15-12-16(26)8-10-23(15,2)21(17)19(27)13-24(18,25)3/h12,17-19,21,27H,5-11,13-14H2,1-4H3/t17-,18-,19-,21+,23-,24-,25-/m0/s1. The molecule has 0 heterocycles. The lowest BCUT2D eigenvalue weighted by atomic mass is 9.45. The maximum atomic E-state index is 13.6. The van der Waals surface area contributed by atoms with Gasteiger partial charge in [-0.25, -0.2) is 4.79 Å². The Labute approximate surface area is 206 Å². The van der Waals surface area contributed by atoms with Crippen LogP contribution in [0.25, 0.3) is 0 Å². The molecule has 9 nitrogen and oxygen atoms in total. The summed E-state index contributed by atoms with van der Waals surface area (Å²) >= 11 is 0. The minimum atomic E-state index is -3.89. The van der Waals surface area contributed by atoms with Gasteiger partial charge in [0.1, 0.15) is 6.61 Å². The SMILES string of the molecule is CCOC(=O)O[C@]1(C(=O)COS(C)(=O)=O)CC[C@H]2[C@@H]3CCC4=CC(=O)CC[C@]4(C)[C@H]3[C@@H](O)C[C@@]21C. The van der Waals surface area contributed by atoms with Crippen LogP contribution in [0.2, 0.25) is 0 Å². The molecule has 0 radical (unpaired) electrons. The molecule has 0 spiro atoms. The normalized spacial score (nSPS) is 40.7. The fourth-order valence-corrected chi connectivity index (χ4v) is 8.25. The van der Waals surface area contributed by atoms with Crippen molar-refractivity contribution in [2.45, 2.75) is 77.4 Å². The molecule has 4 aliphatic carbocycles. The van der Waals surface area contributed by atoms with Gasteiger partial charge in [-0.05, 0) is 74.7 Å². The predicted octanol–water partition coefficient (Wildman–Crippen LogP) is 2.95. The van der Waals surface area contributed by atoms with Gasteiger partial charge in [-0.2, -0.15) is 8.42 Å². The minimum absolute atomic E-state index is 0.0384. The maximum Gasteiger partial charge on any atom is 0.509 e. The Bertz CT molecular complexity index is 1050. The molecule has 10 heteroatoms. The molecular formula is C25H36O9S. The second-order valence-electron chi connectivity index (χ2n) is 11.1. The maximum absolute atomic E-state index is 13.6. The molecule has 3 fully saturated rings. The van der Waals surface area contributed by atoms with Crippen molar-refractivity contribution in [3.8, 4) is 0 Å². The average Bonchev–Trinajstić information content (AvgIpc) is 3.04. The third-order valence-corrected chi connectivity index (χ3v) is 9.94. The van der Waals surface area contributed by atoms with Gasteiger partial charge < -0.3 is 14.6 Å². The monoisotopic (exact) mass is 512 g/mol. The molecule has 0 aromatic carbocycles. The number of ketones is 2. The van der Waals surface area contributed by atoms with Gasteiger partial charge in [0.2, 0.25) is 5.78 Å². The largest absolute Gasteiger partial charge is 0.509 e. The lowest BCUT2D eigenvalue weighted by Crippen LogP contribution is -2.63. The van der Waals surface area contributed by atoms with Gasteiger partial charge in [0.25, 0.3) is 10.1 Å².